The predicted molar refractivity (Wildman–Crippen MR) is 72.1 cm³/mol. The third-order valence-corrected chi connectivity index (χ3v) is 2.79. The van der Waals surface area contributed by atoms with E-state index in [1.54, 1.807) is 6.20 Å². The molecule has 3 rings (SSSR count). The number of rotatable bonds is 2. The van der Waals surface area contributed by atoms with Gasteiger partial charge in [-0.25, -0.2) is 0 Å². The van der Waals surface area contributed by atoms with Crippen molar-refractivity contribution >= 4 is 22.5 Å². The molecular formula is C13H9ClN4O. The molecule has 0 bridgehead atoms. The molecule has 0 N–H and O–H groups in total. The van der Waals surface area contributed by atoms with Crippen molar-refractivity contribution in [1.82, 2.24) is 19.9 Å². The lowest BCUT2D eigenvalue weighted by atomic mass is 10.1. The van der Waals surface area contributed by atoms with Crippen LogP contribution < -0.4 is 4.74 Å². The number of methoxy groups -OCH3 is 1. The summed E-state index contributed by atoms with van der Waals surface area (Å²) in [6, 6.07) is 9.95. The minimum Gasteiger partial charge on any atom is -0.467 e. The maximum absolute atomic E-state index is 5.83. The number of ether oxygens (including phenoxy) is 1. The van der Waals surface area contributed by atoms with E-state index in [9.17, 15) is 0 Å². The van der Waals surface area contributed by atoms with Gasteiger partial charge in [0.05, 0.1) is 12.6 Å². The van der Waals surface area contributed by atoms with Crippen LogP contribution in [-0.2, 0) is 0 Å². The molecule has 0 aliphatic carbocycles. The average Bonchev–Trinajstić information content (AvgIpc) is 2.46. The molecule has 0 atom stereocenters. The Hall–Kier alpha value is -2.27. The van der Waals surface area contributed by atoms with Crippen LogP contribution in [0.1, 0.15) is 0 Å². The summed E-state index contributed by atoms with van der Waals surface area (Å²) in [5.41, 5.74) is 1.68. The van der Waals surface area contributed by atoms with E-state index in [1.807, 2.05) is 30.3 Å². The summed E-state index contributed by atoms with van der Waals surface area (Å²) in [5.74, 6) is 0.440. The zero-order valence-electron chi connectivity index (χ0n) is 10.0. The van der Waals surface area contributed by atoms with Gasteiger partial charge < -0.3 is 4.74 Å². The Morgan fingerprint density at radius 3 is 2.79 bits per heavy atom. The van der Waals surface area contributed by atoms with Crippen LogP contribution in [0.15, 0.2) is 36.5 Å². The van der Waals surface area contributed by atoms with E-state index >= 15 is 0 Å². The Morgan fingerprint density at radius 1 is 1.11 bits per heavy atom. The molecule has 0 saturated carbocycles. The fourth-order valence-electron chi connectivity index (χ4n) is 1.75. The first-order valence-corrected chi connectivity index (χ1v) is 5.95. The smallest absolute Gasteiger partial charge is 0.321 e. The number of hydrogen-bond donors (Lipinski definition) is 0. The first-order valence-electron chi connectivity index (χ1n) is 5.57. The molecule has 2 aromatic heterocycles. The summed E-state index contributed by atoms with van der Waals surface area (Å²) in [7, 11) is 1.48. The highest BCUT2D eigenvalue weighted by Gasteiger charge is 2.08. The van der Waals surface area contributed by atoms with Crippen LogP contribution in [-0.4, -0.2) is 27.0 Å². The van der Waals surface area contributed by atoms with Gasteiger partial charge in [0.2, 0.25) is 5.28 Å². The fourth-order valence-corrected chi connectivity index (χ4v) is 1.90. The minimum absolute atomic E-state index is 0.0926. The maximum atomic E-state index is 5.83. The van der Waals surface area contributed by atoms with E-state index < -0.39 is 0 Å². The Morgan fingerprint density at radius 2 is 1.95 bits per heavy atom. The highest BCUT2D eigenvalue weighted by Crippen LogP contribution is 2.21. The van der Waals surface area contributed by atoms with Crippen LogP contribution in [0.3, 0.4) is 0 Å². The van der Waals surface area contributed by atoms with Crippen molar-refractivity contribution in [1.29, 1.82) is 0 Å². The van der Waals surface area contributed by atoms with E-state index in [2.05, 4.69) is 19.9 Å². The van der Waals surface area contributed by atoms with Crippen LogP contribution in [0, 0.1) is 0 Å². The Bertz CT molecular complexity index is 748. The molecule has 0 fully saturated rings. The van der Waals surface area contributed by atoms with Crippen molar-refractivity contribution in [3.63, 3.8) is 0 Å². The molecule has 6 heteroatoms. The first kappa shape index (κ1) is 11.8. The SMILES string of the molecule is COc1nc(Cl)nc(-c2cnc3ccccc3c2)n1. The van der Waals surface area contributed by atoms with Gasteiger partial charge in [-0.05, 0) is 23.7 Å². The number of benzene rings is 1. The topological polar surface area (TPSA) is 60.8 Å². The molecule has 0 amide bonds. The van der Waals surface area contributed by atoms with Crippen molar-refractivity contribution in [2.24, 2.45) is 0 Å². The standard InChI is InChI=1S/C13H9ClN4O/c1-19-13-17-11(16-12(14)18-13)9-6-8-4-2-3-5-10(8)15-7-9/h2-7H,1H3. The third kappa shape index (κ3) is 2.32. The van der Waals surface area contributed by atoms with E-state index in [0.717, 1.165) is 16.5 Å². The Labute approximate surface area is 114 Å². The van der Waals surface area contributed by atoms with Crippen LogP contribution in [0.2, 0.25) is 5.28 Å². The van der Waals surface area contributed by atoms with Crippen LogP contribution >= 0.6 is 11.6 Å². The van der Waals surface area contributed by atoms with Gasteiger partial charge in [-0.15, -0.1) is 0 Å². The molecule has 3 aromatic rings. The molecule has 5 nitrogen and oxygen atoms in total. The Kier molecular flexibility index (Phi) is 2.97. The van der Waals surface area contributed by atoms with Crippen molar-refractivity contribution in [3.8, 4) is 17.4 Å². The number of pyridine rings is 1. The van der Waals surface area contributed by atoms with Crippen molar-refractivity contribution < 1.29 is 4.74 Å². The predicted octanol–water partition coefficient (Wildman–Crippen LogP) is 2.75. The van der Waals surface area contributed by atoms with Gasteiger partial charge >= 0.3 is 6.01 Å². The summed E-state index contributed by atoms with van der Waals surface area (Å²) in [5, 5.41) is 1.10. The van der Waals surface area contributed by atoms with E-state index in [0.29, 0.717) is 5.82 Å². The molecule has 94 valence electrons. The molecular weight excluding hydrogens is 264 g/mol. The van der Waals surface area contributed by atoms with Gasteiger partial charge in [0.25, 0.3) is 0 Å². The van der Waals surface area contributed by atoms with Gasteiger partial charge in [0.15, 0.2) is 5.82 Å². The van der Waals surface area contributed by atoms with Gasteiger partial charge in [-0.1, -0.05) is 18.2 Å². The zero-order valence-corrected chi connectivity index (χ0v) is 10.8. The largest absolute Gasteiger partial charge is 0.467 e. The summed E-state index contributed by atoms with van der Waals surface area (Å²) in [6.45, 7) is 0. The van der Waals surface area contributed by atoms with E-state index in [1.165, 1.54) is 7.11 Å². The second-order valence-corrected chi connectivity index (χ2v) is 4.17. The number of nitrogens with zero attached hydrogens (tertiary/aromatic N) is 4. The lowest BCUT2D eigenvalue weighted by Gasteiger charge is -2.04. The summed E-state index contributed by atoms with van der Waals surface area (Å²) in [6.07, 6.45) is 1.70. The first-order chi connectivity index (χ1) is 9.26. The zero-order chi connectivity index (χ0) is 13.2. The normalized spacial score (nSPS) is 10.6. The number of hydrogen-bond acceptors (Lipinski definition) is 5. The van der Waals surface area contributed by atoms with Gasteiger partial charge in [-0.2, -0.15) is 15.0 Å². The number of halogens is 1. The molecule has 19 heavy (non-hydrogen) atoms. The van der Waals surface area contributed by atoms with Crippen molar-refractivity contribution in [2.75, 3.05) is 7.11 Å². The number of fused-ring (bicyclic) bond motifs is 1. The molecule has 0 unspecified atom stereocenters. The molecule has 2 heterocycles. The third-order valence-electron chi connectivity index (χ3n) is 2.62. The monoisotopic (exact) mass is 272 g/mol. The summed E-state index contributed by atoms with van der Waals surface area (Å²) in [4.78, 5) is 16.4. The van der Waals surface area contributed by atoms with Crippen LogP contribution in [0.5, 0.6) is 6.01 Å². The van der Waals surface area contributed by atoms with Gasteiger partial charge in [0.1, 0.15) is 0 Å². The molecule has 0 radical (unpaired) electrons. The number of aromatic nitrogens is 4. The second-order valence-electron chi connectivity index (χ2n) is 3.83. The van der Waals surface area contributed by atoms with E-state index in [-0.39, 0.29) is 11.3 Å². The van der Waals surface area contributed by atoms with Crippen molar-refractivity contribution in [3.05, 3.63) is 41.8 Å². The molecule has 1 aromatic carbocycles. The van der Waals surface area contributed by atoms with Gasteiger partial charge in [0, 0.05) is 17.1 Å². The van der Waals surface area contributed by atoms with Gasteiger partial charge in [-0.3, -0.25) is 4.98 Å². The average molecular weight is 273 g/mol. The highest BCUT2D eigenvalue weighted by molar-refractivity contribution is 6.28. The Balaban J connectivity index is 2.15. The summed E-state index contributed by atoms with van der Waals surface area (Å²) >= 11 is 5.83. The maximum Gasteiger partial charge on any atom is 0.321 e. The number of para-hydroxylation sites is 1. The van der Waals surface area contributed by atoms with Crippen LogP contribution in [0.4, 0.5) is 0 Å². The molecule has 0 aliphatic heterocycles. The lowest BCUT2D eigenvalue weighted by Crippen LogP contribution is -1.98. The van der Waals surface area contributed by atoms with Crippen molar-refractivity contribution in [2.45, 2.75) is 0 Å². The lowest BCUT2D eigenvalue weighted by molar-refractivity contribution is 0.379. The van der Waals surface area contributed by atoms with E-state index in [4.69, 9.17) is 16.3 Å². The minimum atomic E-state index is 0.0926. The quantitative estimate of drug-likeness (QED) is 0.718. The molecule has 0 spiro atoms. The van der Waals surface area contributed by atoms with Crippen LogP contribution in [0.25, 0.3) is 22.3 Å². The summed E-state index contributed by atoms with van der Waals surface area (Å²) < 4.78 is 4.98. The highest BCUT2D eigenvalue weighted by atomic mass is 35.5. The molecule has 0 saturated heterocycles. The molecule has 0 aliphatic rings. The fraction of sp³-hybridized carbons (Fsp3) is 0.0769. The second kappa shape index (κ2) is 4.78.